The first-order valence-electron chi connectivity index (χ1n) is 9.61. The molecule has 0 radical (unpaired) electrons. The highest BCUT2D eigenvalue weighted by Gasteiger charge is 2.50. The number of aromatic nitrogens is 2. The van der Waals surface area contributed by atoms with Gasteiger partial charge in [0.15, 0.2) is 0 Å². The van der Waals surface area contributed by atoms with E-state index in [9.17, 15) is 4.79 Å². The SMILES string of the molecule is CN1CC[C@]2(CC[C@H](c3cc(-c4cccc5c4ccn5C)ccn3)N2)C1=O. The fraction of sp³-hybridized carbons (Fsp3) is 0.364. The van der Waals surface area contributed by atoms with Crippen molar-refractivity contribution in [3.63, 3.8) is 0 Å². The van der Waals surface area contributed by atoms with Crippen LogP contribution in [0.5, 0.6) is 0 Å². The number of rotatable bonds is 2. The number of carbonyl (C=O) groups excluding carboxylic acids is 1. The number of hydrogen-bond donors (Lipinski definition) is 1. The predicted octanol–water partition coefficient (Wildman–Crippen LogP) is 3.27. The topological polar surface area (TPSA) is 50.2 Å². The first-order valence-corrected chi connectivity index (χ1v) is 9.61. The first-order chi connectivity index (χ1) is 13.1. The number of benzene rings is 1. The largest absolute Gasteiger partial charge is 0.351 e. The smallest absolute Gasteiger partial charge is 0.242 e. The monoisotopic (exact) mass is 360 g/mol. The number of carbonyl (C=O) groups is 1. The van der Waals surface area contributed by atoms with E-state index in [4.69, 9.17) is 0 Å². The van der Waals surface area contributed by atoms with Gasteiger partial charge in [-0.3, -0.25) is 15.1 Å². The quantitative estimate of drug-likeness (QED) is 0.763. The Kier molecular flexibility index (Phi) is 3.62. The normalized spacial score (nSPS) is 25.2. The van der Waals surface area contributed by atoms with Gasteiger partial charge in [-0.1, -0.05) is 12.1 Å². The van der Waals surface area contributed by atoms with Crippen LogP contribution in [0.3, 0.4) is 0 Å². The number of pyridine rings is 1. The highest BCUT2D eigenvalue weighted by atomic mass is 16.2. The molecule has 2 aromatic heterocycles. The number of likely N-dealkylation sites (tertiary alicyclic amines) is 1. The van der Waals surface area contributed by atoms with Crippen molar-refractivity contribution >= 4 is 16.8 Å². The lowest BCUT2D eigenvalue weighted by molar-refractivity contribution is -0.131. The molecule has 138 valence electrons. The maximum atomic E-state index is 12.6. The molecule has 0 unspecified atom stereocenters. The van der Waals surface area contributed by atoms with Crippen molar-refractivity contribution in [3.05, 3.63) is 54.5 Å². The maximum absolute atomic E-state index is 12.6. The van der Waals surface area contributed by atoms with Crippen molar-refractivity contribution in [2.24, 2.45) is 7.05 Å². The molecule has 2 saturated heterocycles. The van der Waals surface area contributed by atoms with Crippen molar-refractivity contribution in [2.75, 3.05) is 13.6 Å². The van der Waals surface area contributed by atoms with Crippen LogP contribution >= 0.6 is 0 Å². The summed E-state index contributed by atoms with van der Waals surface area (Å²) in [6.07, 6.45) is 6.72. The lowest BCUT2D eigenvalue weighted by Crippen LogP contribution is -2.47. The number of likely N-dealkylation sites (N-methyl/N-ethyl adjacent to an activating group) is 1. The van der Waals surface area contributed by atoms with Gasteiger partial charge in [0.25, 0.3) is 0 Å². The van der Waals surface area contributed by atoms with E-state index in [-0.39, 0.29) is 17.5 Å². The van der Waals surface area contributed by atoms with Crippen LogP contribution in [0.4, 0.5) is 0 Å². The fourth-order valence-corrected chi connectivity index (χ4v) is 4.75. The molecule has 0 saturated carbocycles. The van der Waals surface area contributed by atoms with Gasteiger partial charge in [0.2, 0.25) is 5.91 Å². The number of amides is 1. The minimum atomic E-state index is -0.378. The molecular formula is C22H24N4O. The van der Waals surface area contributed by atoms with Crippen LogP contribution in [-0.2, 0) is 11.8 Å². The van der Waals surface area contributed by atoms with E-state index < -0.39 is 0 Å². The molecule has 5 heteroatoms. The number of fused-ring (bicyclic) bond motifs is 1. The van der Waals surface area contributed by atoms with E-state index in [2.05, 4.69) is 64.5 Å². The van der Waals surface area contributed by atoms with Gasteiger partial charge >= 0.3 is 0 Å². The van der Waals surface area contributed by atoms with Crippen LogP contribution in [0.1, 0.15) is 31.0 Å². The Morgan fingerprint density at radius 2 is 2.07 bits per heavy atom. The standard InChI is InChI=1S/C22H24N4O/c1-25-12-8-17-16(4-3-5-20(17)25)15-7-11-23-19(14-15)18-6-9-22(24-18)10-13-26(2)21(22)27/h3-5,7-8,11-12,14,18,24H,6,9-10,13H2,1-2H3/t18-,22-/m1/s1. The molecule has 5 rings (SSSR count). The minimum Gasteiger partial charge on any atom is -0.351 e. The second-order valence-electron chi connectivity index (χ2n) is 7.93. The lowest BCUT2D eigenvalue weighted by atomic mass is 9.96. The molecule has 2 aliphatic rings. The molecule has 5 nitrogen and oxygen atoms in total. The Labute approximate surface area is 159 Å². The molecule has 1 spiro atoms. The summed E-state index contributed by atoms with van der Waals surface area (Å²) in [7, 11) is 3.97. The van der Waals surface area contributed by atoms with Crippen molar-refractivity contribution in [1.82, 2.24) is 19.8 Å². The van der Waals surface area contributed by atoms with Crippen LogP contribution in [0.15, 0.2) is 48.8 Å². The zero-order chi connectivity index (χ0) is 18.6. The summed E-state index contributed by atoms with van der Waals surface area (Å²) < 4.78 is 2.14. The van der Waals surface area contributed by atoms with Gasteiger partial charge in [0, 0.05) is 43.9 Å². The molecule has 0 bridgehead atoms. The second-order valence-corrected chi connectivity index (χ2v) is 7.93. The van der Waals surface area contributed by atoms with Gasteiger partial charge in [-0.15, -0.1) is 0 Å². The van der Waals surface area contributed by atoms with E-state index >= 15 is 0 Å². The van der Waals surface area contributed by atoms with Gasteiger partial charge < -0.3 is 9.47 Å². The first kappa shape index (κ1) is 16.5. The average Bonchev–Trinajstić information content (AvgIpc) is 3.37. The van der Waals surface area contributed by atoms with E-state index in [0.29, 0.717) is 0 Å². The molecule has 0 aliphatic carbocycles. The van der Waals surface area contributed by atoms with Gasteiger partial charge in [0.05, 0.1) is 11.7 Å². The number of nitrogens with zero attached hydrogens (tertiary/aromatic N) is 3. The van der Waals surface area contributed by atoms with E-state index in [1.54, 1.807) is 0 Å². The highest BCUT2D eigenvalue weighted by Crippen LogP contribution is 2.39. The van der Waals surface area contributed by atoms with Crippen molar-refractivity contribution in [1.29, 1.82) is 0 Å². The van der Waals surface area contributed by atoms with Crippen molar-refractivity contribution in [3.8, 4) is 11.1 Å². The third-order valence-electron chi connectivity index (χ3n) is 6.32. The number of nitrogens with one attached hydrogen (secondary N) is 1. The van der Waals surface area contributed by atoms with Crippen molar-refractivity contribution in [2.45, 2.75) is 30.8 Å². The molecule has 2 atom stereocenters. The van der Waals surface area contributed by atoms with E-state index in [1.807, 2.05) is 18.1 Å². The summed E-state index contributed by atoms with van der Waals surface area (Å²) in [5.74, 6) is 0.232. The van der Waals surface area contributed by atoms with Crippen LogP contribution in [-0.4, -0.2) is 39.5 Å². The lowest BCUT2D eigenvalue weighted by Gasteiger charge is -2.23. The molecule has 2 fully saturated rings. The zero-order valence-electron chi connectivity index (χ0n) is 15.8. The molecule has 1 amide bonds. The summed E-state index contributed by atoms with van der Waals surface area (Å²) >= 11 is 0. The number of aryl methyl sites for hydroxylation is 1. The highest BCUT2D eigenvalue weighted by molar-refractivity contribution is 5.95. The Bertz CT molecular complexity index is 1040. The van der Waals surface area contributed by atoms with E-state index in [1.165, 1.54) is 22.0 Å². The van der Waals surface area contributed by atoms with Crippen LogP contribution in [0.2, 0.25) is 0 Å². The molecule has 3 aromatic rings. The van der Waals surface area contributed by atoms with Gasteiger partial charge in [0.1, 0.15) is 5.54 Å². The Hall–Kier alpha value is -2.66. The molecule has 4 heterocycles. The number of hydrogen-bond acceptors (Lipinski definition) is 3. The summed E-state index contributed by atoms with van der Waals surface area (Å²) in [5.41, 5.74) is 4.27. The van der Waals surface area contributed by atoms with Crippen LogP contribution in [0.25, 0.3) is 22.0 Å². The predicted molar refractivity (Wildman–Crippen MR) is 106 cm³/mol. The second kappa shape index (κ2) is 5.92. The fourth-order valence-electron chi connectivity index (χ4n) is 4.75. The van der Waals surface area contributed by atoms with Gasteiger partial charge in [-0.05, 0) is 54.7 Å². The molecule has 1 N–H and O–H groups in total. The summed E-state index contributed by atoms with van der Waals surface area (Å²) in [4.78, 5) is 19.1. The van der Waals surface area contributed by atoms with Gasteiger partial charge in [-0.25, -0.2) is 0 Å². The van der Waals surface area contributed by atoms with E-state index in [0.717, 1.165) is 31.5 Å². The Morgan fingerprint density at radius 1 is 1.19 bits per heavy atom. The van der Waals surface area contributed by atoms with Crippen LogP contribution in [0, 0.1) is 0 Å². The summed E-state index contributed by atoms with van der Waals surface area (Å²) in [5, 5.41) is 4.88. The molecular weight excluding hydrogens is 336 g/mol. The van der Waals surface area contributed by atoms with Crippen molar-refractivity contribution < 1.29 is 4.79 Å². The molecule has 1 aromatic carbocycles. The third kappa shape index (κ3) is 2.49. The van der Waals surface area contributed by atoms with Gasteiger partial charge in [-0.2, -0.15) is 0 Å². The van der Waals surface area contributed by atoms with Crippen LogP contribution < -0.4 is 5.32 Å². The Morgan fingerprint density at radius 3 is 2.89 bits per heavy atom. The Balaban J connectivity index is 1.49. The zero-order valence-corrected chi connectivity index (χ0v) is 15.8. The average molecular weight is 360 g/mol. The minimum absolute atomic E-state index is 0.135. The molecule has 2 aliphatic heterocycles. The molecule has 27 heavy (non-hydrogen) atoms. The summed E-state index contributed by atoms with van der Waals surface area (Å²) in [6.45, 7) is 0.835. The maximum Gasteiger partial charge on any atom is 0.242 e. The summed E-state index contributed by atoms with van der Waals surface area (Å²) in [6, 6.07) is 13.0. The third-order valence-corrected chi connectivity index (χ3v) is 6.32.